The molecule has 2 heterocycles. The van der Waals surface area contributed by atoms with Crippen molar-refractivity contribution in [2.75, 3.05) is 16.3 Å². The summed E-state index contributed by atoms with van der Waals surface area (Å²) in [6.07, 6.45) is 1.47. The largest absolute Gasteiger partial charge is 0.461 e. The van der Waals surface area contributed by atoms with E-state index in [0.717, 1.165) is 5.01 Å². The van der Waals surface area contributed by atoms with E-state index in [1.807, 2.05) is 0 Å². The van der Waals surface area contributed by atoms with Gasteiger partial charge in [0.05, 0.1) is 22.9 Å². The van der Waals surface area contributed by atoms with Crippen molar-refractivity contribution < 1.29 is 22.7 Å². The van der Waals surface area contributed by atoms with E-state index >= 15 is 0 Å². The fourth-order valence-electron chi connectivity index (χ4n) is 3.10. The maximum atomic E-state index is 13.0. The van der Waals surface area contributed by atoms with E-state index in [0.29, 0.717) is 5.69 Å². The molecule has 35 heavy (non-hydrogen) atoms. The van der Waals surface area contributed by atoms with Gasteiger partial charge in [0.2, 0.25) is 6.04 Å². The van der Waals surface area contributed by atoms with E-state index in [4.69, 9.17) is 4.74 Å². The topological polar surface area (TPSA) is 143 Å². The Morgan fingerprint density at radius 1 is 1.06 bits per heavy atom. The minimum Gasteiger partial charge on any atom is -0.461 e. The average molecular weight is 493 g/mol. The zero-order chi connectivity index (χ0) is 24.8. The smallest absolute Gasteiger partial charge is 0.357 e. The average Bonchev–Trinajstić information content (AvgIpc) is 3.20. The number of para-hydroxylation sites is 1. The van der Waals surface area contributed by atoms with Gasteiger partial charge in [-0.1, -0.05) is 24.3 Å². The van der Waals surface area contributed by atoms with Gasteiger partial charge in [0.15, 0.2) is 5.71 Å². The van der Waals surface area contributed by atoms with Crippen LogP contribution in [0.4, 0.5) is 17.2 Å². The number of carbonyl (C=O) groups is 2. The highest BCUT2D eigenvalue weighted by molar-refractivity contribution is 7.92. The Hall–Kier alpha value is -4.45. The summed E-state index contributed by atoms with van der Waals surface area (Å²) < 4.78 is 32.5. The molecule has 0 radical (unpaired) electrons. The molecule has 1 aliphatic rings. The molecule has 0 unspecified atom stereocenters. The number of aromatic nitrogens is 1. The quantitative estimate of drug-likeness (QED) is 0.378. The number of ether oxygens (including phenoxy) is 1. The van der Waals surface area contributed by atoms with E-state index in [-0.39, 0.29) is 28.7 Å². The number of esters is 1. The van der Waals surface area contributed by atoms with Gasteiger partial charge in [-0.15, -0.1) is 0 Å². The van der Waals surface area contributed by atoms with Gasteiger partial charge in [-0.05, 0) is 55.5 Å². The second kappa shape index (κ2) is 10.2. The number of sulfonamides is 1. The number of hydrogen-bond acceptors (Lipinski definition) is 9. The molecule has 0 saturated heterocycles. The first kappa shape index (κ1) is 23.7. The third kappa shape index (κ3) is 5.38. The Bertz CT molecular complexity index is 1380. The number of rotatable bonds is 8. The molecule has 0 bridgehead atoms. The van der Waals surface area contributed by atoms with Crippen molar-refractivity contribution in [3.8, 4) is 0 Å². The van der Waals surface area contributed by atoms with Crippen molar-refractivity contribution in [3.63, 3.8) is 0 Å². The molecular formula is C23H20N6O5S. The predicted octanol–water partition coefficient (Wildman–Crippen LogP) is 3.30. The van der Waals surface area contributed by atoms with Crippen molar-refractivity contribution in [2.45, 2.75) is 17.9 Å². The number of pyridine rings is 1. The third-order valence-electron chi connectivity index (χ3n) is 4.73. The molecule has 1 aromatic heterocycles. The summed E-state index contributed by atoms with van der Waals surface area (Å²) in [6, 6.07) is 17.7. The van der Waals surface area contributed by atoms with Crippen LogP contribution in [0.2, 0.25) is 0 Å². The number of carbonyl (C=O) groups excluding carboxylic acids is 2. The molecule has 11 nitrogen and oxygen atoms in total. The van der Waals surface area contributed by atoms with Crippen molar-refractivity contribution in [3.05, 3.63) is 79.0 Å². The molecule has 1 amide bonds. The highest BCUT2D eigenvalue weighted by Gasteiger charge is 2.41. The van der Waals surface area contributed by atoms with Crippen LogP contribution in [-0.2, 0) is 24.3 Å². The Balaban J connectivity index is 1.54. The normalized spacial score (nSPS) is 15.8. The van der Waals surface area contributed by atoms with Crippen LogP contribution in [0.25, 0.3) is 0 Å². The van der Waals surface area contributed by atoms with Crippen LogP contribution in [0.3, 0.4) is 0 Å². The summed E-state index contributed by atoms with van der Waals surface area (Å²) >= 11 is 0. The molecule has 0 spiro atoms. The molecule has 1 atom stereocenters. The standard InChI is InChI=1S/C23H20N6O5S/c1-2-34-23(31)21-20(22(30)29(27-21)17-8-4-3-5-9-17)26-25-16-11-13-18(14-12-16)35(32,33)28-19-10-6-7-15-24-19/h3-15,20H,2H2,1H3,(H,24,28)/t20-/m1/s1. The number of benzene rings is 2. The van der Waals surface area contributed by atoms with Crippen LogP contribution in [-0.4, -0.2) is 43.6 Å². The van der Waals surface area contributed by atoms with E-state index in [1.165, 1.54) is 36.5 Å². The van der Waals surface area contributed by atoms with Gasteiger partial charge >= 0.3 is 5.97 Å². The summed E-state index contributed by atoms with van der Waals surface area (Å²) in [5.41, 5.74) is 0.547. The maximum Gasteiger partial charge on any atom is 0.357 e. The molecule has 1 aliphatic heterocycles. The summed E-state index contributed by atoms with van der Waals surface area (Å²) in [5, 5.41) is 13.2. The fourth-order valence-corrected chi connectivity index (χ4v) is 4.10. The van der Waals surface area contributed by atoms with Crippen LogP contribution in [0.1, 0.15) is 6.92 Å². The summed E-state index contributed by atoms with van der Waals surface area (Å²) in [7, 11) is -3.86. The van der Waals surface area contributed by atoms with Crippen LogP contribution in [0, 0.1) is 0 Å². The van der Waals surface area contributed by atoms with Gasteiger partial charge in [-0.25, -0.2) is 18.2 Å². The van der Waals surface area contributed by atoms with Gasteiger partial charge in [0.25, 0.3) is 15.9 Å². The lowest BCUT2D eigenvalue weighted by molar-refractivity contribution is -0.135. The van der Waals surface area contributed by atoms with Crippen LogP contribution in [0.5, 0.6) is 0 Å². The van der Waals surface area contributed by atoms with Gasteiger partial charge in [0, 0.05) is 6.20 Å². The SMILES string of the molecule is CCOC(=O)C1=NN(c2ccccc2)C(=O)[C@@H]1N=Nc1ccc(S(=O)(=O)Nc2ccccn2)cc1. The molecule has 2 aromatic carbocycles. The highest BCUT2D eigenvalue weighted by atomic mass is 32.2. The zero-order valence-electron chi connectivity index (χ0n) is 18.5. The molecular weight excluding hydrogens is 472 g/mol. The molecule has 0 fully saturated rings. The number of nitrogens with zero attached hydrogens (tertiary/aromatic N) is 5. The van der Waals surface area contributed by atoms with Gasteiger partial charge < -0.3 is 4.74 Å². The van der Waals surface area contributed by atoms with E-state index in [2.05, 4.69) is 25.0 Å². The second-order valence-corrected chi connectivity index (χ2v) is 8.81. The fraction of sp³-hybridized carbons (Fsp3) is 0.130. The summed E-state index contributed by atoms with van der Waals surface area (Å²) in [6.45, 7) is 1.74. The number of anilines is 2. The van der Waals surface area contributed by atoms with Crippen LogP contribution < -0.4 is 9.73 Å². The first-order valence-corrected chi connectivity index (χ1v) is 12.0. The van der Waals surface area contributed by atoms with Gasteiger partial charge in [0.1, 0.15) is 5.82 Å². The first-order valence-electron chi connectivity index (χ1n) is 10.5. The lowest BCUT2D eigenvalue weighted by Gasteiger charge is -2.11. The molecule has 0 aliphatic carbocycles. The summed E-state index contributed by atoms with van der Waals surface area (Å²) in [5.74, 6) is -1.16. The predicted molar refractivity (Wildman–Crippen MR) is 128 cm³/mol. The van der Waals surface area contributed by atoms with Crippen molar-refractivity contribution in [1.29, 1.82) is 0 Å². The molecule has 4 rings (SSSR count). The van der Waals surface area contributed by atoms with Gasteiger partial charge in [-0.2, -0.15) is 20.3 Å². The Labute approximate surface area is 201 Å². The zero-order valence-corrected chi connectivity index (χ0v) is 19.3. The number of hydrogen-bond donors (Lipinski definition) is 1. The maximum absolute atomic E-state index is 13.0. The molecule has 12 heteroatoms. The van der Waals surface area contributed by atoms with Crippen LogP contribution in [0.15, 0.2) is 99.2 Å². The third-order valence-corrected chi connectivity index (χ3v) is 6.10. The lowest BCUT2D eigenvalue weighted by Crippen LogP contribution is -2.33. The number of nitrogens with one attached hydrogen (secondary N) is 1. The van der Waals surface area contributed by atoms with Crippen molar-refractivity contribution >= 4 is 44.8 Å². The number of amides is 1. The monoisotopic (exact) mass is 492 g/mol. The lowest BCUT2D eigenvalue weighted by atomic mass is 10.2. The Morgan fingerprint density at radius 3 is 2.43 bits per heavy atom. The van der Waals surface area contributed by atoms with E-state index < -0.39 is 27.9 Å². The molecule has 0 saturated carbocycles. The van der Waals surface area contributed by atoms with Crippen LogP contribution >= 0.6 is 0 Å². The Morgan fingerprint density at radius 2 is 1.77 bits per heavy atom. The molecule has 3 aromatic rings. The number of hydrazone groups is 1. The van der Waals surface area contributed by atoms with E-state index in [9.17, 15) is 18.0 Å². The van der Waals surface area contributed by atoms with Crippen molar-refractivity contribution in [1.82, 2.24) is 4.98 Å². The van der Waals surface area contributed by atoms with Crippen molar-refractivity contribution in [2.24, 2.45) is 15.3 Å². The molecule has 178 valence electrons. The van der Waals surface area contributed by atoms with E-state index in [1.54, 1.807) is 49.4 Å². The number of azo groups is 1. The van der Waals surface area contributed by atoms with Gasteiger partial charge in [-0.3, -0.25) is 9.52 Å². The minimum atomic E-state index is -3.86. The first-order chi connectivity index (χ1) is 16.9. The second-order valence-electron chi connectivity index (χ2n) is 7.12. The Kier molecular flexibility index (Phi) is 6.92. The minimum absolute atomic E-state index is 0.0110. The summed E-state index contributed by atoms with van der Waals surface area (Å²) in [4.78, 5) is 29.3. The molecule has 1 N–H and O–H groups in total. The highest BCUT2D eigenvalue weighted by Crippen LogP contribution is 2.24.